The second kappa shape index (κ2) is 7.70. The third kappa shape index (κ3) is 3.45. The lowest BCUT2D eigenvalue weighted by Crippen LogP contribution is -2.28. The van der Waals surface area contributed by atoms with Crippen LogP contribution < -0.4 is 5.32 Å². The summed E-state index contributed by atoms with van der Waals surface area (Å²) in [4.78, 5) is 17.8. The molecule has 1 N–H and O–H groups in total. The van der Waals surface area contributed by atoms with Crippen LogP contribution in [0.2, 0.25) is 0 Å². The molecule has 0 spiro atoms. The van der Waals surface area contributed by atoms with Crippen LogP contribution in [0.1, 0.15) is 47.3 Å². The van der Waals surface area contributed by atoms with Crippen LogP contribution in [-0.4, -0.2) is 30.5 Å². The van der Waals surface area contributed by atoms with Crippen LogP contribution in [0.25, 0.3) is 16.7 Å². The number of halogens is 1. The highest BCUT2D eigenvalue weighted by Crippen LogP contribution is 2.25. The fourth-order valence-electron chi connectivity index (χ4n) is 3.68. The molecular formula is C22H23FN6O. The first kappa shape index (κ1) is 19.8. The zero-order valence-corrected chi connectivity index (χ0v) is 17.3. The fraction of sp³-hybridized carbons (Fsp3) is 0.273. The van der Waals surface area contributed by atoms with E-state index in [9.17, 15) is 9.18 Å². The van der Waals surface area contributed by atoms with Gasteiger partial charge < -0.3 is 5.32 Å². The Kier molecular flexibility index (Phi) is 5.07. The SMILES string of the molecule is CCn1nccc1[C@H](C)NC(=O)c1cc(C)nc2c1c(C)nn2-c1ccc(F)cc1. The first-order valence-electron chi connectivity index (χ1n) is 9.84. The normalized spacial score (nSPS) is 12.3. The highest BCUT2D eigenvalue weighted by molar-refractivity contribution is 6.06. The van der Waals surface area contributed by atoms with Gasteiger partial charge in [-0.25, -0.2) is 14.1 Å². The van der Waals surface area contributed by atoms with Gasteiger partial charge in [-0.15, -0.1) is 0 Å². The fourth-order valence-corrected chi connectivity index (χ4v) is 3.68. The molecule has 0 aliphatic heterocycles. The monoisotopic (exact) mass is 406 g/mol. The van der Waals surface area contributed by atoms with E-state index < -0.39 is 0 Å². The van der Waals surface area contributed by atoms with Gasteiger partial charge in [0.25, 0.3) is 5.91 Å². The number of hydrogen-bond donors (Lipinski definition) is 1. The van der Waals surface area contributed by atoms with Crippen molar-refractivity contribution in [2.45, 2.75) is 40.3 Å². The number of aryl methyl sites for hydroxylation is 3. The quantitative estimate of drug-likeness (QED) is 0.546. The maximum atomic E-state index is 13.3. The van der Waals surface area contributed by atoms with Gasteiger partial charge in [0, 0.05) is 18.4 Å². The number of carbonyl (C=O) groups excluding carboxylic acids is 1. The molecule has 8 heteroatoms. The molecule has 0 aliphatic carbocycles. The maximum absolute atomic E-state index is 13.3. The van der Waals surface area contributed by atoms with Gasteiger partial charge in [0.15, 0.2) is 5.65 Å². The number of pyridine rings is 1. The molecule has 4 rings (SSSR count). The molecule has 3 heterocycles. The number of hydrogen-bond acceptors (Lipinski definition) is 4. The molecule has 30 heavy (non-hydrogen) atoms. The summed E-state index contributed by atoms with van der Waals surface area (Å²) < 4.78 is 16.8. The van der Waals surface area contributed by atoms with Crippen LogP contribution in [-0.2, 0) is 6.54 Å². The molecule has 0 radical (unpaired) electrons. The minimum atomic E-state index is -0.323. The van der Waals surface area contributed by atoms with Gasteiger partial charge in [-0.3, -0.25) is 9.48 Å². The first-order chi connectivity index (χ1) is 14.4. The van der Waals surface area contributed by atoms with Gasteiger partial charge in [0.1, 0.15) is 5.82 Å². The van der Waals surface area contributed by atoms with Gasteiger partial charge in [0.05, 0.1) is 34.1 Å². The second-order valence-corrected chi connectivity index (χ2v) is 7.25. The van der Waals surface area contributed by atoms with Crippen LogP contribution in [0, 0.1) is 19.7 Å². The summed E-state index contributed by atoms with van der Waals surface area (Å²) >= 11 is 0. The highest BCUT2D eigenvalue weighted by atomic mass is 19.1. The highest BCUT2D eigenvalue weighted by Gasteiger charge is 2.22. The van der Waals surface area contributed by atoms with Crippen LogP contribution in [0.15, 0.2) is 42.6 Å². The molecule has 1 aromatic carbocycles. The van der Waals surface area contributed by atoms with E-state index in [1.807, 2.05) is 38.4 Å². The van der Waals surface area contributed by atoms with Gasteiger partial charge >= 0.3 is 0 Å². The average molecular weight is 406 g/mol. The third-order valence-electron chi connectivity index (χ3n) is 5.10. The van der Waals surface area contributed by atoms with Crippen molar-refractivity contribution in [3.63, 3.8) is 0 Å². The molecule has 0 saturated carbocycles. The Balaban J connectivity index is 1.76. The lowest BCUT2D eigenvalue weighted by Gasteiger charge is -2.16. The van der Waals surface area contributed by atoms with Gasteiger partial charge in [-0.2, -0.15) is 10.2 Å². The van der Waals surface area contributed by atoms with Crippen LogP contribution in [0.4, 0.5) is 4.39 Å². The maximum Gasteiger partial charge on any atom is 0.252 e. The van der Waals surface area contributed by atoms with E-state index in [-0.39, 0.29) is 17.8 Å². The zero-order chi connectivity index (χ0) is 21.4. The molecule has 0 fully saturated rings. The smallest absolute Gasteiger partial charge is 0.252 e. The summed E-state index contributed by atoms with van der Waals surface area (Å²) in [7, 11) is 0. The van der Waals surface area contributed by atoms with E-state index in [2.05, 4.69) is 20.5 Å². The molecule has 0 saturated heterocycles. The van der Waals surface area contributed by atoms with Crippen molar-refractivity contribution in [2.75, 3.05) is 0 Å². The van der Waals surface area contributed by atoms with E-state index in [0.29, 0.717) is 33.7 Å². The Morgan fingerprint density at radius 1 is 1.20 bits per heavy atom. The predicted octanol–water partition coefficient (Wildman–Crippen LogP) is 3.88. The minimum Gasteiger partial charge on any atom is -0.344 e. The van der Waals surface area contributed by atoms with E-state index in [1.165, 1.54) is 12.1 Å². The Hall–Kier alpha value is -3.55. The molecule has 0 unspecified atom stereocenters. The summed E-state index contributed by atoms with van der Waals surface area (Å²) in [5.41, 5.74) is 4.07. The van der Waals surface area contributed by atoms with Crippen LogP contribution in [0.5, 0.6) is 0 Å². The summed E-state index contributed by atoms with van der Waals surface area (Å²) in [6, 6.07) is 9.49. The minimum absolute atomic E-state index is 0.205. The largest absolute Gasteiger partial charge is 0.344 e. The third-order valence-corrected chi connectivity index (χ3v) is 5.10. The Bertz CT molecular complexity index is 1220. The summed E-state index contributed by atoms with van der Waals surface area (Å²) in [5, 5.41) is 12.6. The van der Waals surface area contributed by atoms with Crippen molar-refractivity contribution < 1.29 is 9.18 Å². The molecule has 3 aromatic heterocycles. The van der Waals surface area contributed by atoms with Gasteiger partial charge in [0.2, 0.25) is 0 Å². The van der Waals surface area contributed by atoms with Gasteiger partial charge in [-0.05, 0) is 64.1 Å². The average Bonchev–Trinajstić information content (AvgIpc) is 3.32. The number of amides is 1. The number of rotatable bonds is 5. The molecule has 0 aliphatic rings. The number of fused-ring (bicyclic) bond motifs is 1. The van der Waals surface area contributed by atoms with Crippen LogP contribution >= 0.6 is 0 Å². The summed E-state index contributed by atoms with van der Waals surface area (Å²) in [5.74, 6) is -0.528. The number of aromatic nitrogens is 5. The molecule has 7 nitrogen and oxygen atoms in total. The van der Waals surface area contributed by atoms with Crippen molar-refractivity contribution in [1.29, 1.82) is 0 Å². The number of nitrogens with zero attached hydrogens (tertiary/aromatic N) is 5. The molecule has 154 valence electrons. The number of carbonyl (C=O) groups is 1. The van der Waals surface area contributed by atoms with Crippen molar-refractivity contribution in [2.24, 2.45) is 0 Å². The molecule has 0 bridgehead atoms. The lowest BCUT2D eigenvalue weighted by atomic mass is 10.1. The standard InChI is InChI=1S/C22H23FN6O/c1-5-28-19(10-11-24-28)14(3)26-22(30)18-12-13(2)25-21-20(18)15(4)27-29(21)17-8-6-16(23)7-9-17/h6-12,14H,5H2,1-4H3,(H,26,30)/t14-/m0/s1. The Morgan fingerprint density at radius 2 is 1.93 bits per heavy atom. The first-order valence-corrected chi connectivity index (χ1v) is 9.84. The number of benzene rings is 1. The second-order valence-electron chi connectivity index (χ2n) is 7.25. The molecule has 1 atom stereocenters. The van der Waals surface area contributed by atoms with Crippen LogP contribution in [0.3, 0.4) is 0 Å². The Morgan fingerprint density at radius 3 is 2.63 bits per heavy atom. The summed E-state index contributed by atoms with van der Waals surface area (Å²) in [6.07, 6.45) is 1.73. The Labute approximate surface area is 173 Å². The molecule has 1 amide bonds. The number of nitrogens with one attached hydrogen (secondary N) is 1. The van der Waals surface area contributed by atoms with Crippen molar-refractivity contribution in [1.82, 2.24) is 29.9 Å². The zero-order valence-electron chi connectivity index (χ0n) is 17.3. The van der Waals surface area contributed by atoms with Crippen molar-refractivity contribution in [3.05, 3.63) is 71.1 Å². The predicted molar refractivity (Wildman–Crippen MR) is 112 cm³/mol. The molecular weight excluding hydrogens is 383 g/mol. The summed E-state index contributed by atoms with van der Waals surface area (Å²) in [6.45, 7) is 8.34. The lowest BCUT2D eigenvalue weighted by molar-refractivity contribution is 0.0939. The van der Waals surface area contributed by atoms with Crippen molar-refractivity contribution >= 4 is 16.9 Å². The topological polar surface area (TPSA) is 77.6 Å². The van der Waals surface area contributed by atoms with Crippen molar-refractivity contribution in [3.8, 4) is 5.69 Å². The van der Waals surface area contributed by atoms with E-state index in [4.69, 9.17) is 0 Å². The van der Waals surface area contributed by atoms with Gasteiger partial charge in [-0.1, -0.05) is 0 Å². The van der Waals surface area contributed by atoms with E-state index in [0.717, 1.165) is 12.2 Å². The van der Waals surface area contributed by atoms with E-state index >= 15 is 0 Å². The molecule has 4 aromatic rings. The van der Waals surface area contributed by atoms with E-state index in [1.54, 1.807) is 29.1 Å².